The van der Waals surface area contributed by atoms with Gasteiger partial charge in [-0.1, -0.05) is 0 Å². The van der Waals surface area contributed by atoms with E-state index in [0.29, 0.717) is 10.5 Å². The van der Waals surface area contributed by atoms with Gasteiger partial charge in [0.1, 0.15) is 10.5 Å². The molecule has 0 heterocycles. The predicted molar refractivity (Wildman–Crippen MR) is 21.7 cm³/mol. The molecule has 2 radical (unpaired) electrons. The monoisotopic (exact) mass is 91.0 g/mol. The maximum atomic E-state index is 7.83. The van der Waals surface area contributed by atoms with Crippen LogP contribution in [0, 0.1) is 0 Å². The second kappa shape index (κ2) is 3.35. The van der Waals surface area contributed by atoms with Crippen LogP contribution < -0.4 is 5.40 Å². The minimum absolute atomic E-state index is 0.701. The van der Waals surface area contributed by atoms with Crippen LogP contribution in [0.5, 0.6) is 0 Å². The fraction of sp³-hybridized carbons (Fsp3) is 0. The SMILES string of the molecule is [N][SiH2]O[SiH3]. The smallest absolute Gasteiger partial charge is 0.261 e. The first-order chi connectivity index (χ1) is 1.91. The fourth-order valence-corrected chi connectivity index (χ4v) is 0. The van der Waals surface area contributed by atoms with E-state index in [1.165, 1.54) is 0 Å². The normalized spacial score (nSPS) is 11.2. The summed E-state index contributed by atoms with van der Waals surface area (Å²) in [7, 11) is -0.312. The Balaban J connectivity index is 1.97. The van der Waals surface area contributed by atoms with Crippen molar-refractivity contribution in [3.05, 3.63) is 0 Å². The lowest BCUT2D eigenvalue weighted by Crippen LogP contribution is -1.91. The highest BCUT2D eigenvalue weighted by Crippen LogP contribution is 1.35. The van der Waals surface area contributed by atoms with Crippen molar-refractivity contribution in [2.24, 2.45) is 0 Å². The Morgan fingerprint density at radius 3 is 2.25 bits per heavy atom. The third-order valence-corrected chi connectivity index (χ3v) is 1.16. The minimum atomic E-state index is -1.01. The molecular formula is H5NOSi2. The highest BCUT2D eigenvalue weighted by molar-refractivity contribution is 6.29. The van der Waals surface area contributed by atoms with Crippen LogP contribution in [0.15, 0.2) is 0 Å². The van der Waals surface area contributed by atoms with Crippen LogP contribution in [0.3, 0.4) is 0 Å². The van der Waals surface area contributed by atoms with Gasteiger partial charge in [0, 0.05) is 0 Å². The van der Waals surface area contributed by atoms with E-state index in [1.807, 2.05) is 0 Å². The van der Waals surface area contributed by atoms with Crippen molar-refractivity contribution in [3.63, 3.8) is 0 Å². The molecule has 24 valence electrons. The molecule has 4 heavy (non-hydrogen) atoms. The zero-order chi connectivity index (χ0) is 3.41. The first-order valence-electron chi connectivity index (χ1n) is 1.01. The van der Waals surface area contributed by atoms with Gasteiger partial charge >= 0.3 is 0 Å². The van der Waals surface area contributed by atoms with Crippen LogP contribution in [-0.4, -0.2) is 20.4 Å². The maximum absolute atomic E-state index is 7.83. The van der Waals surface area contributed by atoms with Crippen molar-refractivity contribution in [3.8, 4) is 0 Å². The summed E-state index contributed by atoms with van der Waals surface area (Å²) in [6, 6.07) is 0. The molecule has 0 aliphatic heterocycles. The van der Waals surface area contributed by atoms with E-state index in [1.54, 1.807) is 0 Å². The quantitative estimate of drug-likeness (QED) is 0.324. The highest BCUT2D eigenvalue weighted by Gasteiger charge is 1.58. The summed E-state index contributed by atoms with van der Waals surface area (Å²) in [6.45, 7) is 0. The average molecular weight is 91.2 g/mol. The Labute approximate surface area is 30.9 Å². The molecule has 2 nitrogen and oxygen atoms in total. The van der Waals surface area contributed by atoms with Gasteiger partial charge < -0.3 is 4.12 Å². The summed E-state index contributed by atoms with van der Waals surface area (Å²) in [5, 5.41) is 7.83. The molecule has 0 aromatic carbocycles. The van der Waals surface area contributed by atoms with Crippen molar-refractivity contribution in [1.29, 1.82) is 0 Å². The molecule has 0 saturated carbocycles. The Morgan fingerprint density at radius 1 is 2.00 bits per heavy atom. The topological polar surface area (TPSA) is 31.5 Å². The zero-order valence-corrected chi connectivity index (χ0v) is 5.98. The second-order valence-electron chi connectivity index (χ2n) is 0.418. The standard InChI is InChI=1S/H5NOSi2/c1-4-2-3/h4H2,3H3. The molecule has 0 atom stereocenters. The number of rotatable bonds is 1. The molecule has 0 unspecified atom stereocenters. The molecule has 0 rings (SSSR count). The Morgan fingerprint density at radius 2 is 2.25 bits per heavy atom. The molecule has 0 saturated heterocycles. The van der Waals surface area contributed by atoms with Crippen molar-refractivity contribution < 1.29 is 4.12 Å². The molecule has 4 heteroatoms. The van der Waals surface area contributed by atoms with Gasteiger partial charge in [0.2, 0.25) is 0 Å². The van der Waals surface area contributed by atoms with E-state index in [0.717, 1.165) is 0 Å². The van der Waals surface area contributed by atoms with E-state index >= 15 is 0 Å². The van der Waals surface area contributed by atoms with E-state index in [2.05, 4.69) is 4.12 Å². The van der Waals surface area contributed by atoms with Crippen molar-refractivity contribution in [1.82, 2.24) is 5.40 Å². The molecule has 0 aliphatic rings. The molecule has 0 spiro atoms. The second-order valence-corrected chi connectivity index (χ2v) is 2.99. The Bertz CT molecular complexity index is 8.00. The highest BCUT2D eigenvalue weighted by atomic mass is 28.3. The van der Waals surface area contributed by atoms with Gasteiger partial charge in [-0.25, -0.2) is 0 Å². The van der Waals surface area contributed by atoms with Gasteiger partial charge in [0.15, 0.2) is 0 Å². The number of hydrogen-bond donors (Lipinski definition) is 0. The lowest BCUT2D eigenvalue weighted by atomic mass is 13.9. The van der Waals surface area contributed by atoms with Crippen molar-refractivity contribution >= 4 is 20.4 Å². The van der Waals surface area contributed by atoms with E-state index in [4.69, 9.17) is 5.40 Å². The van der Waals surface area contributed by atoms with Crippen LogP contribution in [0.1, 0.15) is 0 Å². The van der Waals surface area contributed by atoms with E-state index < -0.39 is 9.92 Å². The molecule has 0 amide bonds. The fourth-order valence-electron chi connectivity index (χ4n) is 0. The first kappa shape index (κ1) is 4.35. The van der Waals surface area contributed by atoms with E-state index in [-0.39, 0.29) is 0 Å². The summed E-state index contributed by atoms with van der Waals surface area (Å²) < 4.78 is 4.38. The van der Waals surface area contributed by atoms with Gasteiger partial charge in [-0.2, -0.15) is 5.40 Å². The lowest BCUT2D eigenvalue weighted by Gasteiger charge is -1.73. The summed E-state index contributed by atoms with van der Waals surface area (Å²) in [6.07, 6.45) is 0. The van der Waals surface area contributed by atoms with Crippen molar-refractivity contribution in [2.45, 2.75) is 0 Å². The summed E-state index contributed by atoms with van der Waals surface area (Å²) >= 11 is 0. The van der Waals surface area contributed by atoms with E-state index in [9.17, 15) is 0 Å². The van der Waals surface area contributed by atoms with Gasteiger partial charge in [0.25, 0.3) is 9.92 Å². The predicted octanol–water partition coefficient (Wildman–Crippen LogP) is -2.65. The van der Waals surface area contributed by atoms with Gasteiger partial charge in [-0.05, 0) is 0 Å². The summed E-state index contributed by atoms with van der Waals surface area (Å²) in [5.74, 6) is 0. The molecule has 0 aliphatic carbocycles. The van der Waals surface area contributed by atoms with Crippen LogP contribution in [0.2, 0.25) is 0 Å². The largest absolute Gasteiger partial charge is 0.456 e. The van der Waals surface area contributed by atoms with Crippen LogP contribution in [0.4, 0.5) is 0 Å². The minimum Gasteiger partial charge on any atom is -0.456 e. The number of hydrogen-bond acceptors (Lipinski definition) is 1. The average Bonchev–Trinajstić information content (AvgIpc) is 1.37. The first-order valence-corrected chi connectivity index (χ1v) is 3.04. The molecule has 0 aromatic rings. The molecule has 0 N–H and O–H groups in total. The maximum Gasteiger partial charge on any atom is 0.261 e. The van der Waals surface area contributed by atoms with Crippen LogP contribution >= 0.6 is 0 Å². The molecule has 0 aromatic heterocycles. The zero-order valence-electron chi connectivity index (χ0n) is 2.56. The third kappa shape index (κ3) is 2.35. The summed E-state index contributed by atoms with van der Waals surface area (Å²) in [4.78, 5) is 0. The molecular weight excluding hydrogens is 86.2 g/mol. The number of nitrogens with zero attached hydrogens (tertiary/aromatic N) is 1. The van der Waals surface area contributed by atoms with Crippen LogP contribution in [-0.2, 0) is 4.12 Å². The summed E-state index contributed by atoms with van der Waals surface area (Å²) in [5.41, 5.74) is 0. The third-order valence-electron chi connectivity index (χ3n) is 0.129. The Hall–Kier alpha value is 0.354. The van der Waals surface area contributed by atoms with Crippen molar-refractivity contribution in [2.75, 3.05) is 0 Å². The van der Waals surface area contributed by atoms with Gasteiger partial charge in [0.05, 0.1) is 0 Å². The van der Waals surface area contributed by atoms with Crippen LogP contribution in [0.25, 0.3) is 0 Å². The lowest BCUT2D eigenvalue weighted by molar-refractivity contribution is 0.662. The molecule has 0 bridgehead atoms. The van der Waals surface area contributed by atoms with Gasteiger partial charge in [-0.15, -0.1) is 0 Å². The molecule has 0 fully saturated rings. The van der Waals surface area contributed by atoms with Gasteiger partial charge in [-0.3, -0.25) is 0 Å². The Kier molecular flexibility index (Phi) is 3.65.